The second-order valence-corrected chi connectivity index (χ2v) is 6.97. The molecule has 2 unspecified atom stereocenters. The number of carbonyl (C=O) groups excluding carboxylic acids is 1. The zero-order valence-corrected chi connectivity index (χ0v) is 16.2. The molecule has 3 rings (SSSR count). The topological polar surface area (TPSA) is 77.2 Å². The summed E-state index contributed by atoms with van der Waals surface area (Å²) in [5, 5.41) is 2.80. The number of hydrogen-bond donors (Lipinski definition) is 2. The molecule has 1 aromatic heterocycles. The van der Waals surface area contributed by atoms with Gasteiger partial charge in [0.2, 0.25) is 11.8 Å². The highest BCUT2D eigenvalue weighted by Crippen LogP contribution is 2.42. The summed E-state index contributed by atoms with van der Waals surface area (Å²) in [6.45, 7) is -1.39. The Hall–Kier alpha value is -1.25. The first-order valence-electron chi connectivity index (χ1n) is 8.54. The van der Waals surface area contributed by atoms with Gasteiger partial charge in [0, 0.05) is 18.0 Å². The van der Waals surface area contributed by atoms with Crippen LogP contribution in [0.5, 0.6) is 5.88 Å². The van der Waals surface area contributed by atoms with Crippen LogP contribution in [-0.4, -0.2) is 29.7 Å². The van der Waals surface area contributed by atoms with E-state index in [-0.39, 0.29) is 48.6 Å². The quantitative estimate of drug-likeness (QED) is 0.758. The van der Waals surface area contributed by atoms with E-state index < -0.39 is 12.8 Å². The highest BCUT2D eigenvalue weighted by molar-refractivity contribution is 5.92. The molecule has 10 heteroatoms. The average molecular weight is 430 g/mol. The van der Waals surface area contributed by atoms with Gasteiger partial charge in [-0.15, -0.1) is 24.8 Å². The van der Waals surface area contributed by atoms with Crippen LogP contribution in [0, 0.1) is 17.8 Å². The number of rotatable bonds is 4. The van der Waals surface area contributed by atoms with Crippen LogP contribution in [0.15, 0.2) is 18.3 Å². The number of carbonyl (C=O) groups is 1. The number of nitrogens with one attached hydrogen (secondary N) is 1. The minimum Gasteiger partial charge on any atom is -0.468 e. The molecule has 0 aliphatic heterocycles. The maximum Gasteiger partial charge on any atom is 0.422 e. The van der Waals surface area contributed by atoms with E-state index in [0.29, 0.717) is 17.5 Å². The van der Waals surface area contributed by atoms with Gasteiger partial charge < -0.3 is 15.8 Å². The molecule has 0 spiro atoms. The monoisotopic (exact) mass is 429 g/mol. The molecular weight excluding hydrogens is 406 g/mol. The number of nitrogens with two attached hydrogens (primary N) is 1. The lowest BCUT2D eigenvalue weighted by Gasteiger charge is -2.43. The van der Waals surface area contributed by atoms with Crippen LogP contribution in [0.4, 0.5) is 18.9 Å². The molecule has 3 N–H and O–H groups in total. The number of pyridine rings is 1. The Morgan fingerprint density at radius 2 is 1.85 bits per heavy atom. The molecule has 27 heavy (non-hydrogen) atoms. The fourth-order valence-electron chi connectivity index (χ4n) is 3.94. The van der Waals surface area contributed by atoms with E-state index in [9.17, 15) is 18.0 Å². The molecule has 2 bridgehead atoms. The summed E-state index contributed by atoms with van der Waals surface area (Å²) < 4.78 is 40.9. The van der Waals surface area contributed by atoms with Crippen LogP contribution in [0.25, 0.3) is 0 Å². The van der Waals surface area contributed by atoms with Crippen molar-refractivity contribution in [1.82, 2.24) is 4.98 Å². The van der Waals surface area contributed by atoms with Gasteiger partial charge in [-0.2, -0.15) is 13.2 Å². The van der Waals surface area contributed by atoms with Crippen LogP contribution in [0.1, 0.15) is 32.1 Å². The number of halogens is 5. The minimum atomic E-state index is -4.41. The fraction of sp³-hybridized carbons (Fsp3) is 0.647. The first kappa shape index (κ1) is 23.8. The Morgan fingerprint density at radius 3 is 2.37 bits per heavy atom. The second-order valence-electron chi connectivity index (χ2n) is 6.97. The Labute approximate surface area is 168 Å². The average Bonchev–Trinajstić information content (AvgIpc) is 2.53. The third-order valence-corrected chi connectivity index (χ3v) is 5.17. The fourth-order valence-corrected chi connectivity index (χ4v) is 3.94. The lowest BCUT2D eigenvalue weighted by Crippen LogP contribution is -2.48. The predicted octanol–water partition coefficient (Wildman–Crippen LogP) is 3.96. The molecule has 1 aromatic rings. The summed E-state index contributed by atoms with van der Waals surface area (Å²) in [6, 6.07) is 3.00. The molecule has 5 nitrogen and oxygen atoms in total. The molecule has 2 fully saturated rings. The van der Waals surface area contributed by atoms with Crippen LogP contribution < -0.4 is 15.8 Å². The van der Waals surface area contributed by atoms with E-state index in [1.807, 2.05) is 0 Å². The van der Waals surface area contributed by atoms with Crippen LogP contribution in [0.2, 0.25) is 0 Å². The Kier molecular flexibility index (Phi) is 8.63. The SMILES string of the molecule is Cl.Cl.NC1C2CCCC1CC(C(=O)Nc1ccc(OCC(F)(F)F)nc1)C2. The van der Waals surface area contributed by atoms with Gasteiger partial charge in [0.1, 0.15) is 0 Å². The molecule has 1 heterocycles. The number of ether oxygens (including phenoxy) is 1. The Morgan fingerprint density at radius 1 is 1.22 bits per heavy atom. The van der Waals surface area contributed by atoms with Gasteiger partial charge in [0.15, 0.2) is 6.61 Å². The van der Waals surface area contributed by atoms with E-state index in [1.165, 1.54) is 24.8 Å². The van der Waals surface area contributed by atoms with Gasteiger partial charge in [-0.05, 0) is 43.6 Å². The van der Waals surface area contributed by atoms with Crippen molar-refractivity contribution in [2.45, 2.75) is 44.3 Å². The molecule has 2 saturated carbocycles. The van der Waals surface area contributed by atoms with E-state index >= 15 is 0 Å². The highest BCUT2D eigenvalue weighted by atomic mass is 35.5. The Balaban J connectivity index is 0.00000182. The van der Waals surface area contributed by atoms with Gasteiger partial charge in [-0.3, -0.25) is 4.79 Å². The van der Waals surface area contributed by atoms with Crippen LogP contribution in [-0.2, 0) is 4.79 Å². The maximum atomic E-state index is 12.5. The van der Waals surface area contributed by atoms with Crippen molar-refractivity contribution in [2.24, 2.45) is 23.5 Å². The number of alkyl halides is 3. The van der Waals surface area contributed by atoms with Gasteiger partial charge in [-0.25, -0.2) is 4.98 Å². The lowest BCUT2D eigenvalue weighted by atomic mass is 9.65. The summed E-state index contributed by atoms with van der Waals surface area (Å²) in [6.07, 6.45) is 1.82. The smallest absolute Gasteiger partial charge is 0.422 e. The van der Waals surface area contributed by atoms with Crippen LogP contribution in [0.3, 0.4) is 0 Å². The zero-order chi connectivity index (χ0) is 18.0. The van der Waals surface area contributed by atoms with Crippen molar-refractivity contribution in [1.29, 1.82) is 0 Å². The van der Waals surface area contributed by atoms with E-state index in [0.717, 1.165) is 25.7 Å². The molecule has 0 saturated heterocycles. The number of amides is 1. The summed E-state index contributed by atoms with van der Waals surface area (Å²) in [5.74, 6) is 0.526. The predicted molar refractivity (Wildman–Crippen MR) is 100 cm³/mol. The number of aromatic nitrogens is 1. The number of fused-ring (bicyclic) bond motifs is 2. The molecular formula is C17H24Cl2F3N3O2. The molecule has 1 amide bonds. The van der Waals surface area contributed by atoms with Crippen molar-refractivity contribution >= 4 is 36.4 Å². The zero-order valence-electron chi connectivity index (χ0n) is 14.6. The summed E-state index contributed by atoms with van der Waals surface area (Å²) >= 11 is 0. The van der Waals surface area contributed by atoms with E-state index in [4.69, 9.17) is 5.73 Å². The first-order chi connectivity index (χ1) is 11.8. The summed E-state index contributed by atoms with van der Waals surface area (Å²) in [5.41, 5.74) is 6.69. The van der Waals surface area contributed by atoms with Crippen molar-refractivity contribution < 1.29 is 22.7 Å². The number of hydrogen-bond acceptors (Lipinski definition) is 4. The molecule has 2 aliphatic rings. The van der Waals surface area contributed by atoms with Gasteiger partial charge in [0.05, 0.1) is 11.9 Å². The van der Waals surface area contributed by atoms with Gasteiger partial charge in [0.25, 0.3) is 0 Å². The van der Waals surface area contributed by atoms with Crippen molar-refractivity contribution in [3.05, 3.63) is 18.3 Å². The molecule has 2 atom stereocenters. The number of nitrogens with zero attached hydrogens (tertiary/aromatic N) is 1. The third kappa shape index (κ3) is 6.40. The van der Waals surface area contributed by atoms with Crippen LogP contribution >= 0.6 is 24.8 Å². The second kappa shape index (κ2) is 9.80. The van der Waals surface area contributed by atoms with Crippen molar-refractivity contribution in [3.8, 4) is 5.88 Å². The molecule has 0 aromatic carbocycles. The summed E-state index contributed by atoms with van der Waals surface area (Å²) in [7, 11) is 0. The van der Waals surface area contributed by atoms with Gasteiger partial charge >= 0.3 is 6.18 Å². The molecule has 154 valence electrons. The van der Waals surface area contributed by atoms with Crippen molar-refractivity contribution in [3.63, 3.8) is 0 Å². The molecule has 0 radical (unpaired) electrons. The summed E-state index contributed by atoms with van der Waals surface area (Å²) in [4.78, 5) is 16.3. The first-order valence-corrected chi connectivity index (χ1v) is 8.54. The van der Waals surface area contributed by atoms with E-state index in [1.54, 1.807) is 0 Å². The lowest BCUT2D eigenvalue weighted by molar-refractivity contribution is -0.154. The maximum absolute atomic E-state index is 12.5. The Bertz CT molecular complexity index is 602. The third-order valence-electron chi connectivity index (χ3n) is 5.17. The van der Waals surface area contributed by atoms with E-state index in [2.05, 4.69) is 15.0 Å². The minimum absolute atomic E-state index is 0. The normalized spacial score (nSPS) is 27.0. The number of anilines is 1. The highest BCUT2D eigenvalue weighted by Gasteiger charge is 2.40. The largest absolute Gasteiger partial charge is 0.468 e. The van der Waals surface area contributed by atoms with Crippen molar-refractivity contribution in [2.75, 3.05) is 11.9 Å². The standard InChI is InChI=1S/C17H22F3N3O2.2ClH/c18-17(19,20)9-25-14-5-4-13(8-22-14)23-16(24)12-6-10-2-1-3-11(7-12)15(10)21;;/h4-5,8,10-12,15H,1-3,6-7,9,21H2,(H,23,24);2*1H. The molecule has 2 aliphatic carbocycles. The van der Waals surface area contributed by atoms with Gasteiger partial charge in [-0.1, -0.05) is 6.42 Å².